The topological polar surface area (TPSA) is 101 Å². The molecule has 33 heavy (non-hydrogen) atoms. The summed E-state index contributed by atoms with van der Waals surface area (Å²) in [6.45, 7) is 0.792. The first-order valence-corrected chi connectivity index (χ1v) is 11.1. The summed E-state index contributed by atoms with van der Waals surface area (Å²) in [7, 11) is 3.83. The number of likely N-dealkylation sites (N-methyl/N-ethyl adjacent to an activating group) is 1. The van der Waals surface area contributed by atoms with E-state index in [9.17, 15) is 5.11 Å². The summed E-state index contributed by atoms with van der Waals surface area (Å²) in [6.07, 6.45) is 4.58. The molecule has 2 aromatic heterocycles. The number of nitrogens with zero attached hydrogens (tertiary/aromatic N) is 6. The van der Waals surface area contributed by atoms with Crippen molar-refractivity contribution in [2.24, 2.45) is 0 Å². The number of rotatable bonds is 8. The minimum absolute atomic E-state index is 0.240. The van der Waals surface area contributed by atoms with Gasteiger partial charge in [-0.25, -0.2) is 4.98 Å². The van der Waals surface area contributed by atoms with Gasteiger partial charge in [0.2, 0.25) is 5.95 Å². The normalized spacial score (nSPS) is 13.9. The molecule has 2 N–H and O–H groups in total. The van der Waals surface area contributed by atoms with Gasteiger partial charge in [-0.05, 0) is 80.9 Å². The highest BCUT2D eigenvalue weighted by molar-refractivity contribution is 5.73. The van der Waals surface area contributed by atoms with Crippen LogP contribution in [0.2, 0.25) is 0 Å². The van der Waals surface area contributed by atoms with Crippen LogP contribution in [-0.4, -0.2) is 68.3 Å². The molecule has 9 heteroatoms. The van der Waals surface area contributed by atoms with Crippen molar-refractivity contribution in [1.82, 2.24) is 29.9 Å². The van der Waals surface area contributed by atoms with E-state index in [2.05, 4.69) is 43.8 Å². The van der Waals surface area contributed by atoms with E-state index < -0.39 is 6.10 Å². The van der Waals surface area contributed by atoms with Crippen LogP contribution in [0.4, 0.5) is 11.6 Å². The lowest BCUT2D eigenvalue weighted by atomic mass is 10.1. The molecule has 1 atom stereocenters. The summed E-state index contributed by atoms with van der Waals surface area (Å²) < 4.78 is 7.42. The summed E-state index contributed by atoms with van der Waals surface area (Å²) in [6, 6.07) is 13.9. The lowest BCUT2D eigenvalue weighted by molar-refractivity contribution is 0.0831. The molecule has 170 valence electrons. The quantitative estimate of drug-likeness (QED) is 0.427. The zero-order valence-corrected chi connectivity index (χ0v) is 18.8. The molecule has 0 saturated carbocycles. The van der Waals surface area contributed by atoms with Crippen LogP contribution in [0, 0.1) is 0 Å². The second-order valence-electron chi connectivity index (χ2n) is 8.59. The van der Waals surface area contributed by atoms with Gasteiger partial charge in [0.05, 0.1) is 11.9 Å². The maximum Gasteiger partial charge on any atom is 0.229 e. The first-order valence-electron chi connectivity index (χ1n) is 11.1. The van der Waals surface area contributed by atoms with Crippen molar-refractivity contribution in [3.05, 3.63) is 59.8 Å². The Morgan fingerprint density at radius 1 is 1.12 bits per heavy atom. The second-order valence-corrected chi connectivity index (χ2v) is 8.59. The number of hydrogen-bond acceptors (Lipinski definition) is 8. The first-order chi connectivity index (χ1) is 16.0. The minimum atomic E-state index is -0.540. The van der Waals surface area contributed by atoms with Crippen molar-refractivity contribution in [3.63, 3.8) is 0 Å². The highest BCUT2D eigenvalue weighted by Crippen LogP contribution is 2.26. The molecule has 1 aliphatic rings. The highest BCUT2D eigenvalue weighted by atomic mass is 16.5. The molecular weight excluding hydrogens is 418 g/mol. The van der Waals surface area contributed by atoms with Gasteiger partial charge < -0.3 is 20.1 Å². The van der Waals surface area contributed by atoms with Crippen molar-refractivity contribution in [2.75, 3.05) is 32.6 Å². The number of anilines is 2. The van der Waals surface area contributed by atoms with Crippen molar-refractivity contribution < 1.29 is 9.84 Å². The Kier molecular flexibility index (Phi) is 5.89. The Morgan fingerprint density at radius 3 is 2.76 bits per heavy atom. The summed E-state index contributed by atoms with van der Waals surface area (Å²) in [5.41, 5.74) is 5.87. The van der Waals surface area contributed by atoms with Gasteiger partial charge >= 0.3 is 0 Å². The van der Waals surface area contributed by atoms with Gasteiger partial charge in [-0.15, -0.1) is 5.10 Å². The molecule has 0 bridgehead atoms. The monoisotopic (exact) mass is 445 g/mol. The third kappa shape index (κ3) is 4.79. The molecule has 0 spiro atoms. The molecule has 0 saturated heterocycles. The highest BCUT2D eigenvalue weighted by Gasteiger charge is 2.15. The van der Waals surface area contributed by atoms with Crippen LogP contribution < -0.4 is 10.1 Å². The third-order valence-electron chi connectivity index (χ3n) is 5.65. The van der Waals surface area contributed by atoms with Crippen molar-refractivity contribution in [3.8, 4) is 11.4 Å². The average Bonchev–Trinajstić information content (AvgIpc) is 3.44. The number of fused-ring (bicyclic) bond motifs is 2. The molecule has 2 heterocycles. The number of ether oxygens (including phenoxy) is 1. The molecule has 0 amide bonds. The Hall–Kier alpha value is -3.56. The fourth-order valence-corrected chi connectivity index (χ4v) is 4.08. The van der Waals surface area contributed by atoms with Crippen LogP contribution in [0.1, 0.15) is 17.5 Å². The Bertz CT molecular complexity index is 1250. The molecule has 1 aliphatic carbocycles. The molecular formula is C24H27N7O2. The van der Waals surface area contributed by atoms with E-state index in [1.165, 1.54) is 17.5 Å². The molecule has 2 aromatic carbocycles. The lowest BCUT2D eigenvalue weighted by Gasteiger charge is -2.16. The van der Waals surface area contributed by atoms with E-state index in [0.717, 1.165) is 24.2 Å². The van der Waals surface area contributed by atoms with Crippen LogP contribution in [0.15, 0.2) is 48.7 Å². The lowest BCUT2D eigenvalue weighted by Crippen LogP contribution is -2.30. The number of nitrogens with one attached hydrogen (secondary N) is 1. The predicted octanol–water partition coefficient (Wildman–Crippen LogP) is 2.74. The van der Waals surface area contributed by atoms with Gasteiger partial charge in [-0.2, -0.15) is 9.67 Å². The molecule has 5 rings (SSSR count). The number of aryl methyl sites for hydroxylation is 2. The minimum Gasteiger partial charge on any atom is -0.491 e. The maximum absolute atomic E-state index is 9.94. The van der Waals surface area contributed by atoms with Crippen molar-refractivity contribution in [2.45, 2.75) is 25.4 Å². The molecule has 0 radical (unpaired) electrons. The fraction of sp³-hybridized carbons (Fsp3) is 0.333. The van der Waals surface area contributed by atoms with Gasteiger partial charge in [-0.3, -0.25) is 0 Å². The number of aromatic nitrogens is 5. The Morgan fingerprint density at radius 2 is 1.94 bits per heavy atom. The molecule has 4 aromatic rings. The standard InChI is InChI=1S/C24H27N7O2/c1-30(2)14-20(32)15-33-21-10-7-18(8-11-21)26-24-25-13-22-23(27-24)31(29-28-22)19-9-6-16-4-3-5-17(16)12-19/h6-13,20,32H,3-5,14-15H2,1-2H3,(H,25,26,27). The fourth-order valence-electron chi connectivity index (χ4n) is 4.08. The second kappa shape index (κ2) is 9.13. The average molecular weight is 446 g/mol. The maximum atomic E-state index is 9.94. The smallest absolute Gasteiger partial charge is 0.229 e. The van der Waals surface area contributed by atoms with Gasteiger partial charge in [0.15, 0.2) is 11.2 Å². The van der Waals surface area contributed by atoms with Crippen LogP contribution in [-0.2, 0) is 12.8 Å². The van der Waals surface area contributed by atoms with E-state index in [4.69, 9.17) is 4.74 Å². The molecule has 1 unspecified atom stereocenters. The van der Waals surface area contributed by atoms with Crippen LogP contribution in [0.25, 0.3) is 16.9 Å². The summed E-state index contributed by atoms with van der Waals surface area (Å²) in [4.78, 5) is 10.9. The van der Waals surface area contributed by atoms with Gasteiger partial charge in [0, 0.05) is 12.2 Å². The van der Waals surface area contributed by atoms with E-state index in [-0.39, 0.29) is 6.61 Å². The van der Waals surface area contributed by atoms with Gasteiger partial charge in [0.1, 0.15) is 18.5 Å². The number of aliphatic hydroxyl groups is 1. The summed E-state index contributed by atoms with van der Waals surface area (Å²) in [5, 5.41) is 21.7. The van der Waals surface area contributed by atoms with E-state index in [0.29, 0.717) is 29.4 Å². The van der Waals surface area contributed by atoms with Gasteiger partial charge in [-0.1, -0.05) is 11.3 Å². The third-order valence-corrected chi connectivity index (χ3v) is 5.65. The van der Waals surface area contributed by atoms with E-state index in [1.54, 1.807) is 10.9 Å². The van der Waals surface area contributed by atoms with Gasteiger partial charge in [0.25, 0.3) is 0 Å². The largest absolute Gasteiger partial charge is 0.491 e. The Labute approximate surface area is 192 Å². The SMILES string of the molecule is CN(C)CC(O)COc1ccc(Nc2ncc3nnn(-c4ccc5c(c4)CCC5)c3n2)cc1. The summed E-state index contributed by atoms with van der Waals surface area (Å²) >= 11 is 0. The predicted molar refractivity (Wildman–Crippen MR) is 126 cm³/mol. The van der Waals surface area contributed by atoms with Crippen LogP contribution in [0.3, 0.4) is 0 Å². The molecule has 0 aliphatic heterocycles. The molecule has 9 nitrogen and oxygen atoms in total. The zero-order valence-electron chi connectivity index (χ0n) is 18.8. The van der Waals surface area contributed by atoms with Crippen LogP contribution >= 0.6 is 0 Å². The number of benzene rings is 2. The number of hydrogen-bond donors (Lipinski definition) is 2. The zero-order chi connectivity index (χ0) is 22.8. The van der Waals surface area contributed by atoms with Crippen molar-refractivity contribution in [1.29, 1.82) is 0 Å². The van der Waals surface area contributed by atoms with Crippen molar-refractivity contribution >= 4 is 22.8 Å². The molecule has 0 fully saturated rings. The Balaban J connectivity index is 1.30. The number of aliphatic hydroxyl groups excluding tert-OH is 1. The first kappa shape index (κ1) is 21.3. The van der Waals surface area contributed by atoms with Crippen LogP contribution in [0.5, 0.6) is 5.75 Å². The summed E-state index contributed by atoms with van der Waals surface area (Å²) in [5.74, 6) is 1.15. The van der Waals surface area contributed by atoms with E-state index in [1.807, 2.05) is 43.3 Å². The van der Waals surface area contributed by atoms with E-state index >= 15 is 0 Å².